The van der Waals surface area contributed by atoms with Crippen molar-refractivity contribution in [1.29, 1.82) is 0 Å². The molecule has 0 aliphatic heterocycles. The normalized spacial score (nSPS) is 10.1. The van der Waals surface area contributed by atoms with Crippen LogP contribution in [0.2, 0.25) is 0 Å². The van der Waals surface area contributed by atoms with Gasteiger partial charge in [-0.1, -0.05) is 36.4 Å². The maximum Gasteiger partial charge on any atom is 0.321 e. The summed E-state index contributed by atoms with van der Waals surface area (Å²) in [5, 5.41) is 2.88. The van der Waals surface area contributed by atoms with E-state index in [-0.39, 0.29) is 11.9 Å². The van der Waals surface area contributed by atoms with Crippen LogP contribution in [0.25, 0.3) is 0 Å². The molecule has 0 radical (unpaired) electrons. The Balaban J connectivity index is 1.65. The van der Waals surface area contributed by atoms with Crippen LogP contribution in [0.5, 0.6) is 11.8 Å². The fraction of sp³-hybridized carbons (Fsp3) is 0.0556. The number of carbonyl (C=O) groups is 1. The molecular weight excluding hydrogens is 290 g/mol. The SMILES string of the molecule is O=C(NCc1ccccc1)c1cccc(Oc2ncccn2)c1. The summed E-state index contributed by atoms with van der Waals surface area (Å²) in [7, 11) is 0. The molecule has 0 spiro atoms. The Bertz CT molecular complexity index is 777. The van der Waals surface area contributed by atoms with E-state index in [0.717, 1.165) is 5.56 Å². The first-order chi connectivity index (χ1) is 11.3. The van der Waals surface area contributed by atoms with E-state index in [1.807, 2.05) is 30.3 Å². The Hall–Kier alpha value is -3.21. The number of benzene rings is 2. The largest absolute Gasteiger partial charge is 0.424 e. The van der Waals surface area contributed by atoms with E-state index in [0.29, 0.717) is 17.9 Å². The maximum absolute atomic E-state index is 12.2. The van der Waals surface area contributed by atoms with Crippen molar-refractivity contribution in [3.05, 3.63) is 84.2 Å². The molecule has 1 aromatic heterocycles. The first-order valence-corrected chi connectivity index (χ1v) is 7.18. The third kappa shape index (κ3) is 4.14. The second-order valence-corrected chi connectivity index (χ2v) is 4.83. The molecule has 0 aliphatic rings. The third-order valence-electron chi connectivity index (χ3n) is 3.14. The first kappa shape index (κ1) is 14.7. The number of nitrogens with one attached hydrogen (secondary N) is 1. The molecule has 0 atom stereocenters. The summed E-state index contributed by atoms with van der Waals surface area (Å²) in [4.78, 5) is 20.2. The predicted molar refractivity (Wildman–Crippen MR) is 86.2 cm³/mol. The van der Waals surface area contributed by atoms with Gasteiger partial charge in [0.25, 0.3) is 5.91 Å². The number of nitrogens with zero attached hydrogens (tertiary/aromatic N) is 2. The van der Waals surface area contributed by atoms with Gasteiger partial charge < -0.3 is 10.1 Å². The molecule has 0 saturated heterocycles. The van der Waals surface area contributed by atoms with Crippen molar-refractivity contribution in [3.8, 4) is 11.8 Å². The number of aromatic nitrogens is 2. The molecule has 0 aliphatic carbocycles. The minimum Gasteiger partial charge on any atom is -0.424 e. The van der Waals surface area contributed by atoms with E-state index in [2.05, 4.69) is 15.3 Å². The number of amides is 1. The van der Waals surface area contributed by atoms with Crippen LogP contribution in [0, 0.1) is 0 Å². The summed E-state index contributed by atoms with van der Waals surface area (Å²) in [6.07, 6.45) is 3.19. The van der Waals surface area contributed by atoms with Gasteiger partial charge in [0, 0.05) is 24.5 Å². The van der Waals surface area contributed by atoms with E-state index in [9.17, 15) is 4.79 Å². The van der Waals surface area contributed by atoms with E-state index in [4.69, 9.17) is 4.74 Å². The van der Waals surface area contributed by atoms with Crippen LogP contribution in [0.3, 0.4) is 0 Å². The summed E-state index contributed by atoms with van der Waals surface area (Å²) in [6.45, 7) is 0.479. The highest BCUT2D eigenvalue weighted by Gasteiger charge is 2.07. The molecule has 23 heavy (non-hydrogen) atoms. The molecule has 5 nitrogen and oxygen atoms in total. The Morgan fingerprint density at radius 3 is 2.52 bits per heavy atom. The van der Waals surface area contributed by atoms with Crippen LogP contribution >= 0.6 is 0 Å². The van der Waals surface area contributed by atoms with Crippen LogP contribution in [-0.4, -0.2) is 15.9 Å². The van der Waals surface area contributed by atoms with E-state index in [1.54, 1.807) is 42.7 Å². The fourth-order valence-electron chi connectivity index (χ4n) is 2.02. The van der Waals surface area contributed by atoms with Crippen molar-refractivity contribution in [2.24, 2.45) is 0 Å². The maximum atomic E-state index is 12.2. The molecule has 2 aromatic carbocycles. The van der Waals surface area contributed by atoms with Gasteiger partial charge >= 0.3 is 6.01 Å². The monoisotopic (exact) mass is 305 g/mol. The summed E-state index contributed by atoms with van der Waals surface area (Å²) in [6, 6.07) is 18.6. The van der Waals surface area contributed by atoms with Crippen LogP contribution in [0.15, 0.2) is 73.1 Å². The van der Waals surface area contributed by atoms with Crippen LogP contribution in [0.4, 0.5) is 0 Å². The highest BCUT2D eigenvalue weighted by atomic mass is 16.5. The Morgan fingerprint density at radius 1 is 0.957 bits per heavy atom. The number of ether oxygens (including phenoxy) is 1. The summed E-state index contributed by atoms with van der Waals surface area (Å²) in [5.41, 5.74) is 1.57. The number of rotatable bonds is 5. The topological polar surface area (TPSA) is 64.1 Å². The third-order valence-corrected chi connectivity index (χ3v) is 3.14. The second kappa shape index (κ2) is 7.17. The lowest BCUT2D eigenvalue weighted by molar-refractivity contribution is 0.0950. The van der Waals surface area contributed by atoms with Crippen molar-refractivity contribution in [1.82, 2.24) is 15.3 Å². The molecule has 0 unspecified atom stereocenters. The minimum absolute atomic E-state index is 0.159. The Kier molecular flexibility index (Phi) is 4.59. The molecule has 114 valence electrons. The zero-order valence-corrected chi connectivity index (χ0v) is 12.3. The first-order valence-electron chi connectivity index (χ1n) is 7.18. The van der Waals surface area contributed by atoms with Crippen molar-refractivity contribution >= 4 is 5.91 Å². The number of carbonyl (C=O) groups excluding carboxylic acids is 1. The molecule has 0 saturated carbocycles. The van der Waals surface area contributed by atoms with Gasteiger partial charge in [0.05, 0.1) is 0 Å². The second-order valence-electron chi connectivity index (χ2n) is 4.83. The zero-order valence-electron chi connectivity index (χ0n) is 12.3. The summed E-state index contributed by atoms with van der Waals surface area (Å²) < 4.78 is 5.53. The van der Waals surface area contributed by atoms with Crippen LogP contribution in [-0.2, 0) is 6.54 Å². The predicted octanol–water partition coefficient (Wildman–Crippen LogP) is 3.20. The van der Waals surface area contributed by atoms with Crippen molar-refractivity contribution in [2.45, 2.75) is 6.54 Å². The molecule has 3 rings (SSSR count). The number of hydrogen-bond donors (Lipinski definition) is 1. The fourth-order valence-corrected chi connectivity index (χ4v) is 2.02. The molecule has 3 aromatic rings. The van der Waals surface area contributed by atoms with Gasteiger partial charge in [0.1, 0.15) is 5.75 Å². The molecule has 0 bridgehead atoms. The van der Waals surface area contributed by atoms with Crippen molar-refractivity contribution < 1.29 is 9.53 Å². The highest BCUT2D eigenvalue weighted by molar-refractivity contribution is 5.94. The van der Waals surface area contributed by atoms with Gasteiger partial charge in [0.2, 0.25) is 0 Å². The average molecular weight is 305 g/mol. The average Bonchev–Trinajstić information content (AvgIpc) is 2.62. The lowest BCUT2D eigenvalue weighted by Crippen LogP contribution is -2.22. The van der Waals surface area contributed by atoms with E-state index in [1.165, 1.54) is 0 Å². The lowest BCUT2D eigenvalue weighted by atomic mass is 10.2. The van der Waals surface area contributed by atoms with Crippen molar-refractivity contribution in [3.63, 3.8) is 0 Å². The molecular formula is C18H15N3O2. The van der Waals surface area contributed by atoms with E-state index < -0.39 is 0 Å². The van der Waals surface area contributed by atoms with Gasteiger partial charge in [-0.05, 0) is 29.8 Å². The molecule has 1 N–H and O–H groups in total. The zero-order chi connectivity index (χ0) is 15.9. The van der Waals surface area contributed by atoms with Gasteiger partial charge in [-0.15, -0.1) is 0 Å². The highest BCUT2D eigenvalue weighted by Crippen LogP contribution is 2.18. The van der Waals surface area contributed by atoms with Gasteiger partial charge in [-0.2, -0.15) is 0 Å². The standard InChI is InChI=1S/C18H15N3O2/c22-17(21-13-14-6-2-1-3-7-14)15-8-4-9-16(12-15)23-18-19-10-5-11-20-18/h1-12H,13H2,(H,21,22). The molecule has 5 heteroatoms. The summed E-state index contributed by atoms with van der Waals surface area (Å²) >= 11 is 0. The molecule has 0 fully saturated rings. The van der Waals surface area contributed by atoms with Crippen LogP contribution < -0.4 is 10.1 Å². The Labute approximate surface area is 134 Å². The number of hydrogen-bond acceptors (Lipinski definition) is 4. The lowest BCUT2D eigenvalue weighted by Gasteiger charge is -2.07. The molecule has 1 heterocycles. The van der Waals surface area contributed by atoms with Crippen molar-refractivity contribution in [2.75, 3.05) is 0 Å². The minimum atomic E-state index is -0.159. The van der Waals surface area contributed by atoms with Crippen LogP contribution in [0.1, 0.15) is 15.9 Å². The van der Waals surface area contributed by atoms with Gasteiger partial charge in [-0.25, -0.2) is 9.97 Å². The summed E-state index contributed by atoms with van der Waals surface area (Å²) in [5.74, 6) is 0.358. The van der Waals surface area contributed by atoms with Gasteiger partial charge in [0.15, 0.2) is 0 Å². The van der Waals surface area contributed by atoms with Gasteiger partial charge in [-0.3, -0.25) is 4.79 Å². The quantitative estimate of drug-likeness (QED) is 0.786. The molecule has 1 amide bonds. The smallest absolute Gasteiger partial charge is 0.321 e. The van der Waals surface area contributed by atoms with E-state index >= 15 is 0 Å². The Morgan fingerprint density at radius 2 is 1.74 bits per heavy atom.